The van der Waals surface area contributed by atoms with E-state index >= 15 is 0 Å². The summed E-state index contributed by atoms with van der Waals surface area (Å²) in [7, 11) is 0. The van der Waals surface area contributed by atoms with Crippen LogP contribution in [0, 0.1) is 0 Å². The zero-order valence-electron chi connectivity index (χ0n) is 8.76. The van der Waals surface area contributed by atoms with Crippen molar-refractivity contribution in [3.63, 3.8) is 0 Å². The summed E-state index contributed by atoms with van der Waals surface area (Å²) in [6, 6.07) is 12.6. The van der Waals surface area contributed by atoms with Gasteiger partial charge in [-0.05, 0) is 18.6 Å². The lowest BCUT2D eigenvalue weighted by Crippen LogP contribution is -2.34. The second-order valence-corrected chi connectivity index (χ2v) is 3.69. The van der Waals surface area contributed by atoms with Crippen molar-refractivity contribution in [2.75, 3.05) is 6.61 Å². The molecule has 1 heterocycles. The molecule has 2 nitrogen and oxygen atoms in total. The van der Waals surface area contributed by atoms with Crippen LogP contribution in [0.5, 0.6) is 0 Å². The maximum absolute atomic E-state index is 8.75. The van der Waals surface area contributed by atoms with Crippen molar-refractivity contribution < 1.29 is 9.67 Å². The third kappa shape index (κ3) is 2.34. The smallest absolute Gasteiger partial charge is 0.212 e. The second-order valence-electron chi connectivity index (χ2n) is 3.69. The molecule has 0 saturated heterocycles. The minimum absolute atomic E-state index is 0.283. The molecule has 0 fully saturated rings. The number of aromatic nitrogens is 1. The highest BCUT2D eigenvalue weighted by atomic mass is 16.2. The topological polar surface area (TPSA) is 24.1 Å². The summed E-state index contributed by atoms with van der Waals surface area (Å²) >= 11 is 0. The number of unbranched alkanes of at least 4 members (excludes halogenated alkanes) is 1. The quantitative estimate of drug-likeness (QED) is 0.594. The number of para-hydroxylation sites is 1. The van der Waals surface area contributed by atoms with Crippen LogP contribution in [0.3, 0.4) is 0 Å². The molecule has 0 aliphatic rings. The van der Waals surface area contributed by atoms with Gasteiger partial charge in [0, 0.05) is 30.5 Å². The number of nitrogens with zero attached hydrogens (tertiary/aromatic N) is 1. The zero-order valence-corrected chi connectivity index (χ0v) is 8.76. The first-order valence-electron chi connectivity index (χ1n) is 5.40. The summed E-state index contributed by atoms with van der Waals surface area (Å²) in [6.45, 7) is 1.26. The van der Waals surface area contributed by atoms with Gasteiger partial charge in [-0.2, -0.15) is 4.57 Å². The number of aryl methyl sites for hydroxylation is 1. The Balaban J connectivity index is 2.26. The molecule has 2 aromatic rings. The first-order valence-corrected chi connectivity index (χ1v) is 5.40. The minimum atomic E-state index is 0.283. The van der Waals surface area contributed by atoms with Crippen LogP contribution in [0.4, 0.5) is 0 Å². The maximum Gasteiger partial charge on any atom is 0.212 e. The van der Waals surface area contributed by atoms with Gasteiger partial charge in [0.05, 0.1) is 0 Å². The van der Waals surface area contributed by atoms with Gasteiger partial charge in [-0.25, -0.2) is 0 Å². The first kappa shape index (κ1) is 10.1. The lowest BCUT2D eigenvalue weighted by molar-refractivity contribution is -0.671. The lowest BCUT2D eigenvalue weighted by atomic mass is 10.2. The summed E-state index contributed by atoms with van der Waals surface area (Å²) in [5.41, 5.74) is 1.26. The molecular weight excluding hydrogens is 186 g/mol. The fourth-order valence-electron chi connectivity index (χ4n) is 1.81. The van der Waals surface area contributed by atoms with Gasteiger partial charge in [-0.3, -0.25) is 0 Å². The van der Waals surface area contributed by atoms with E-state index in [1.54, 1.807) is 0 Å². The third-order valence-electron chi connectivity index (χ3n) is 2.60. The van der Waals surface area contributed by atoms with Crippen molar-refractivity contribution in [2.45, 2.75) is 19.4 Å². The average molecular weight is 202 g/mol. The Bertz CT molecular complexity index is 434. The molecule has 78 valence electrons. The number of hydrogen-bond acceptors (Lipinski definition) is 1. The number of fused-ring (bicyclic) bond motifs is 1. The summed E-state index contributed by atoms with van der Waals surface area (Å²) in [5, 5.41) is 10.0. The van der Waals surface area contributed by atoms with E-state index in [1.165, 1.54) is 10.9 Å². The van der Waals surface area contributed by atoms with Crippen molar-refractivity contribution in [1.29, 1.82) is 0 Å². The van der Waals surface area contributed by atoms with E-state index in [-0.39, 0.29) is 6.61 Å². The van der Waals surface area contributed by atoms with Crippen molar-refractivity contribution in [3.8, 4) is 0 Å². The van der Waals surface area contributed by atoms with E-state index in [4.69, 9.17) is 5.11 Å². The Morgan fingerprint density at radius 3 is 2.67 bits per heavy atom. The molecular formula is C13H16NO+. The van der Waals surface area contributed by atoms with Gasteiger partial charge in [0.15, 0.2) is 6.20 Å². The monoisotopic (exact) mass is 202 g/mol. The van der Waals surface area contributed by atoms with Gasteiger partial charge in [-0.15, -0.1) is 0 Å². The molecule has 1 aromatic carbocycles. The predicted octanol–water partition coefficient (Wildman–Crippen LogP) is 1.90. The highest BCUT2D eigenvalue weighted by molar-refractivity contribution is 5.74. The molecule has 2 heteroatoms. The van der Waals surface area contributed by atoms with Crippen LogP contribution in [0.15, 0.2) is 42.6 Å². The molecule has 0 radical (unpaired) electrons. The number of aliphatic hydroxyl groups is 1. The molecule has 0 aliphatic carbocycles. The van der Waals surface area contributed by atoms with Gasteiger partial charge in [-0.1, -0.05) is 12.1 Å². The summed E-state index contributed by atoms with van der Waals surface area (Å²) in [4.78, 5) is 0. The number of hydrogen-bond donors (Lipinski definition) is 1. The van der Waals surface area contributed by atoms with E-state index in [0.717, 1.165) is 19.4 Å². The normalized spacial score (nSPS) is 10.7. The third-order valence-corrected chi connectivity index (χ3v) is 2.60. The SMILES string of the molecule is OCCCC[n+]1cccc2ccccc21. The molecule has 0 unspecified atom stereocenters. The van der Waals surface area contributed by atoms with Crippen molar-refractivity contribution in [3.05, 3.63) is 42.6 Å². The molecule has 1 aromatic heterocycles. The molecule has 0 spiro atoms. The average Bonchev–Trinajstić information content (AvgIpc) is 2.30. The molecule has 2 rings (SSSR count). The van der Waals surface area contributed by atoms with Crippen LogP contribution in [-0.4, -0.2) is 11.7 Å². The van der Waals surface area contributed by atoms with E-state index in [0.29, 0.717) is 0 Å². The molecule has 0 saturated carbocycles. The van der Waals surface area contributed by atoms with Crippen LogP contribution in [-0.2, 0) is 6.54 Å². The van der Waals surface area contributed by atoms with E-state index in [2.05, 4.69) is 47.2 Å². The van der Waals surface area contributed by atoms with Crippen LogP contribution in [0.1, 0.15) is 12.8 Å². The van der Waals surface area contributed by atoms with Crippen LogP contribution in [0.25, 0.3) is 10.9 Å². The molecule has 1 N–H and O–H groups in total. The zero-order chi connectivity index (χ0) is 10.5. The Labute approximate surface area is 89.8 Å². The second kappa shape index (κ2) is 4.89. The maximum atomic E-state index is 8.75. The largest absolute Gasteiger partial charge is 0.396 e. The number of pyridine rings is 1. The summed E-state index contributed by atoms with van der Waals surface area (Å²) in [5.74, 6) is 0. The first-order chi connectivity index (χ1) is 7.42. The summed E-state index contributed by atoms with van der Waals surface area (Å²) in [6.07, 6.45) is 3.99. The highest BCUT2D eigenvalue weighted by Gasteiger charge is 2.05. The Kier molecular flexibility index (Phi) is 3.30. The van der Waals surface area contributed by atoms with Crippen molar-refractivity contribution >= 4 is 10.9 Å². The number of rotatable bonds is 4. The lowest BCUT2D eigenvalue weighted by Gasteiger charge is -2.00. The van der Waals surface area contributed by atoms with Crippen molar-refractivity contribution in [2.24, 2.45) is 0 Å². The van der Waals surface area contributed by atoms with Crippen molar-refractivity contribution in [1.82, 2.24) is 0 Å². The number of benzene rings is 1. The standard InChI is InChI=1S/C13H16NO/c15-11-4-3-9-14-10-5-7-12-6-1-2-8-13(12)14/h1-2,5-8,10,15H,3-4,9,11H2/q+1. The van der Waals surface area contributed by atoms with Gasteiger partial charge in [0.1, 0.15) is 6.54 Å². The van der Waals surface area contributed by atoms with Gasteiger partial charge in [0.2, 0.25) is 5.52 Å². The van der Waals surface area contributed by atoms with Crippen LogP contribution >= 0.6 is 0 Å². The van der Waals surface area contributed by atoms with Gasteiger partial charge >= 0.3 is 0 Å². The molecule has 0 amide bonds. The fraction of sp³-hybridized carbons (Fsp3) is 0.308. The molecule has 15 heavy (non-hydrogen) atoms. The Morgan fingerprint density at radius 1 is 1.00 bits per heavy atom. The molecule has 0 aliphatic heterocycles. The Hall–Kier alpha value is -1.41. The summed E-state index contributed by atoms with van der Waals surface area (Å²) < 4.78 is 2.24. The van der Waals surface area contributed by atoms with Crippen LogP contribution < -0.4 is 4.57 Å². The number of aliphatic hydroxyl groups excluding tert-OH is 1. The molecule has 0 bridgehead atoms. The minimum Gasteiger partial charge on any atom is -0.396 e. The van der Waals surface area contributed by atoms with E-state index < -0.39 is 0 Å². The fourth-order valence-corrected chi connectivity index (χ4v) is 1.81. The highest BCUT2D eigenvalue weighted by Crippen LogP contribution is 2.08. The Morgan fingerprint density at radius 2 is 1.80 bits per heavy atom. The predicted molar refractivity (Wildman–Crippen MR) is 60.5 cm³/mol. The molecule has 0 atom stereocenters. The van der Waals surface area contributed by atoms with E-state index in [9.17, 15) is 0 Å². The van der Waals surface area contributed by atoms with Gasteiger partial charge < -0.3 is 5.11 Å². The van der Waals surface area contributed by atoms with E-state index in [1.807, 2.05) is 0 Å². The van der Waals surface area contributed by atoms with Crippen LogP contribution in [0.2, 0.25) is 0 Å². The van der Waals surface area contributed by atoms with Gasteiger partial charge in [0.25, 0.3) is 0 Å².